The van der Waals surface area contributed by atoms with Gasteiger partial charge < -0.3 is 10.2 Å². The van der Waals surface area contributed by atoms with Crippen molar-refractivity contribution in [1.82, 2.24) is 10.2 Å². The van der Waals surface area contributed by atoms with Crippen LogP contribution in [0.3, 0.4) is 0 Å². The van der Waals surface area contributed by atoms with E-state index in [1.165, 1.54) is 49.5 Å². The van der Waals surface area contributed by atoms with Crippen LogP contribution in [0.15, 0.2) is 35.2 Å². The quantitative estimate of drug-likeness (QED) is 0.609. The van der Waals surface area contributed by atoms with E-state index in [1.807, 2.05) is 11.8 Å². The van der Waals surface area contributed by atoms with Crippen LogP contribution in [-0.4, -0.2) is 42.9 Å². The summed E-state index contributed by atoms with van der Waals surface area (Å²) >= 11 is 1.94. The molecule has 0 saturated carbocycles. The van der Waals surface area contributed by atoms with Crippen molar-refractivity contribution >= 4 is 11.8 Å². The van der Waals surface area contributed by atoms with E-state index in [2.05, 4.69) is 47.5 Å². The van der Waals surface area contributed by atoms with E-state index in [1.54, 1.807) is 0 Å². The number of likely N-dealkylation sites (tertiary alicyclic amines) is 1. The largest absolute Gasteiger partial charge is 0.313 e. The van der Waals surface area contributed by atoms with Gasteiger partial charge >= 0.3 is 0 Å². The Morgan fingerprint density at radius 1 is 1.21 bits per heavy atom. The number of rotatable bonds is 7. The van der Waals surface area contributed by atoms with Crippen LogP contribution in [0, 0.1) is 0 Å². The number of benzene rings is 1. The van der Waals surface area contributed by atoms with Crippen molar-refractivity contribution in [3.05, 3.63) is 30.3 Å². The predicted octanol–water partition coefficient (Wildman–Crippen LogP) is 3.24. The summed E-state index contributed by atoms with van der Waals surface area (Å²) in [6.45, 7) is 7.22. The fourth-order valence-electron chi connectivity index (χ4n) is 2.63. The molecule has 2 nitrogen and oxygen atoms in total. The van der Waals surface area contributed by atoms with Gasteiger partial charge in [0.15, 0.2) is 0 Å². The fourth-order valence-corrected chi connectivity index (χ4v) is 3.43. The molecule has 0 aromatic heterocycles. The number of piperidine rings is 1. The van der Waals surface area contributed by atoms with Crippen LogP contribution in [0.25, 0.3) is 0 Å². The highest BCUT2D eigenvalue weighted by atomic mass is 32.2. The van der Waals surface area contributed by atoms with E-state index in [0.29, 0.717) is 0 Å². The van der Waals surface area contributed by atoms with E-state index < -0.39 is 0 Å². The molecule has 1 aliphatic heterocycles. The molecule has 1 aliphatic rings. The molecule has 0 radical (unpaired) electrons. The van der Waals surface area contributed by atoms with Gasteiger partial charge in [-0.2, -0.15) is 0 Å². The van der Waals surface area contributed by atoms with Crippen molar-refractivity contribution in [3.8, 4) is 0 Å². The van der Waals surface area contributed by atoms with Gasteiger partial charge in [-0.05, 0) is 51.0 Å². The molecule has 1 fully saturated rings. The number of hydrogen-bond donors (Lipinski definition) is 1. The molecule has 106 valence electrons. The molecule has 1 saturated heterocycles. The maximum atomic E-state index is 3.71. The summed E-state index contributed by atoms with van der Waals surface area (Å²) in [6.07, 6.45) is 3.91. The average molecular weight is 278 g/mol. The Bertz CT molecular complexity index is 334. The third-order valence-corrected chi connectivity index (χ3v) is 4.69. The smallest absolute Gasteiger partial charge is 0.0106 e. The summed E-state index contributed by atoms with van der Waals surface area (Å²) in [6, 6.07) is 11.4. The Kier molecular flexibility index (Phi) is 6.75. The Morgan fingerprint density at radius 2 is 1.95 bits per heavy atom. The lowest BCUT2D eigenvalue weighted by atomic mass is 10.1. The SMILES string of the molecule is CCCN1CCC(NCCSc2ccccc2)CC1. The molecule has 3 heteroatoms. The van der Waals surface area contributed by atoms with Gasteiger partial charge in [-0.15, -0.1) is 11.8 Å². The zero-order chi connectivity index (χ0) is 13.3. The minimum absolute atomic E-state index is 0.740. The summed E-state index contributed by atoms with van der Waals surface area (Å²) in [7, 11) is 0. The first-order valence-electron chi connectivity index (χ1n) is 7.52. The maximum absolute atomic E-state index is 3.71. The standard InChI is InChI=1S/C16H26N2S/c1-2-11-18-12-8-15(9-13-18)17-10-14-19-16-6-4-3-5-7-16/h3-7,15,17H,2,8-14H2,1H3. The van der Waals surface area contributed by atoms with Crippen LogP contribution in [0.5, 0.6) is 0 Å². The van der Waals surface area contributed by atoms with Crippen LogP contribution < -0.4 is 5.32 Å². The number of thioether (sulfide) groups is 1. The number of nitrogens with zero attached hydrogens (tertiary/aromatic N) is 1. The summed E-state index contributed by atoms with van der Waals surface area (Å²) in [4.78, 5) is 3.97. The molecule has 1 heterocycles. The minimum atomic E-state index is 0.740. The van der Waals surface area contributed by atoms with Gasteiger partial charge in [0.1, 0.15) is 0 Å². The molecule has 1 aromatic rings. The predicted molar refractivity (Wildman–Crippen MR) is 84.9 cm³/mol. The Morgan fingerprint density at radius 3 is 2.63 bits per heavy atom. The molecular weight excluding hydrogens is 252 g/mol. The molecule has 0 aliphatic carbocycles. The first kappa shape index (κ1) is 14.9. The average Bonchev–Trinajstić information content (AvgIpc) is 2.47. The molecule has 2 rings (SSSR count). The van der Waals surface area contributed by atoms with E-state index in [4.69, 9.17) is 0 Å². The normalized spacial score (nSPS) is 17.7. The van der Waals surface area contributed by atoms with Crippen molar-refractivity contribution in [3.63, 3.8) is 0 Å². The lowest BCUT2D eigenvalue weighted by Crippen LogP contribution is -2.43. The molecular formula is C16H26N2S. The zero-order valence-electron chi connectivity index (χ0n) is 12.0. The lowest BCUT2D eigenvalue weighted by molar-refractivity contribution is 0.199. The summed E-state index contributed by atoms with van der Waals surface area (Å²) < 4.78 is 0. The van der Waals surface area contributed by atoms with Crippen LogP contribution in [-0.2, 0) is 0 Å². The van der Waals surface area contributed by atoms with Crippen molar-refractivity contribution in [1.29, 1.82) is 0 Å². The second-order valence-electron chi connectivity index (χ2n) is 5.23. The molecule has 0 amide bonds. The van der Waals surface area contributed by atoms with E-state index >= 15 is 0 Å². The zero-order valence-corrected chi connectivity index (χ0v) is 12.8. The fraction of sp³-hybridized carbons (Fsp3) is 0.625. The molecule has 1 aromatic carbocycles. The highest BCUT2D eigenvalue weighted by Gasteiger charge is 2.17. The Labute approximate surface area is 122 Å². The summed E-state index contributed by atoms with van der Waals surface area (Å²) in [5, 5.41) is 3.71. The van der Waals surface area contributed by atoms with Gasteiger partial charge in [-0.3, -0.25) is 0 Å². The second kappa shape index (κ2) is 8.62. The molecule has 0 bridgehead atoms. The lowest BCUT2D eigenvalue weighted by Gasteiger charge is -2.32. The van der Waals surface area contributed by atoms with Crippen LogP contribution in [0.1, 0.15) is 26.2 Å². The van der Waals surface area contributed by atoms with Crippen molar-refractivity contribution in [2.75, 3.05) is 31.9 Å². The van der Waals surface area contributed by atoms with Gasteiger partial charge in [0.25, 0.3) is 0 Å². The Balaban J connectivity index is 1.55. The Hall–Kier alpha value is -0.510. The van der Waals surface area contributed by atoms with Crippen molar-refractivity contribution in [2.45, 2.75) is 37.1 Å². The number of nitrogens with one attached hydrogen (secondary N) is 1. The first-order chi connectivity index (χ1) is 9.38. The van der Waals surface area contributed by atoms with Crippen molar-refractivity contribution < 1.29 is 0 Å². The number of hydrogen-bond acceptors (Lipinski definition) is 3. The topological polar surface area (TPSA) is 15.3 Å². The molecule has 19 heavy (non-hydrogen) atoms. The van der Waals surface area contributed by atoms with E-state index in [9.17, 15) is 0 Å². The molecule has 0 unspecified atom stereocenters. The van der Waals surface area contributed by atoms with Gasteiger partial charge in [0, 0.05) is 23.2 Å². The van der Waals surface area contributed by atoms with E-state index in [-0.39, 0.29) is 0 Å². The van der Waals surface area contributed by atoms with Crippen molar-refractivity contribution in [2.24, 2.45) is 0 Å². The third-order valence-electron chi connectivity index (χ3n) is 3.67. The summed E-state index contributed by atoms with van der Waals surface area (Å²) in [5.74, 6) is 1.17. The second-order valence-corrected chi connectivity index (χ2v) is 6.40. The summed E-state index contributed by atoms with van der Waals surface area (Å²) in [5.41, 5.74) is 0. The van der Waals surface area contributed by atoms with Gasteiger partial charge in [-0.25, -0.2) is 0 Å². The van der Waals surface area contributed by atoms with Crippen LogP contribution in [0.4, 0.5) is 0 Å². The molecule has 1 N–H and O–H groups in total. The van der Waals surface area contributed by atoms with E-state index in [0.717, 1.165) is 12.6 Å². The van der Waals surface area contributed by atoms with Crippen LogP contribution >= 0.6 is 11.8 Å². The monoisotopic (exact) mass is 278 g/mol. The first-order valence-corrected chi connectivity index (χ1v) is 8.50. The minimum Gasteiger partial charge on any atom is -0.313 e. The molecule has 0 atom stereocenters. The van der Waals surface area contributed by atoms with Gasteiger partial charge in [0.2, 0.25) is 0 Å². The van der Waals surface area contributed by atoms with Gasteiger partial charge in [-0.1, -0.05) is 25.1 Å². The third kappa shape index (κ3) is 5.55. The van der Waals surface area contributed by atoms with Gasteiger partial charge in [0.05, 0.1) is 0 Å². The van der Waals surface area contributed by atoms with Crippen LogP contribution in [0.2, 0.25) is 0 Å². The highest BCUT2D eigenvalue weighted by Crippen LogP contribution is 2.16. The maximum Gasteiger partial charge on any atom is 0.0106 e. The molecule has 0 spiro atoms. The highest BCUT2D eigenvalue weighted by molar-refractivity contribution is 7.99.